The van der Waals surface area contributed by atoms with Crippen LogP contribution in [0, 0.1) is 0 Å². The van der Waals surface area contributed by atoms with Crippen LogP contribution in [0.4, 0.5) is 18.9 Å². The zero-order valence-corrected chi connectivity index (χ0v) is 21.5. The van der Waals surface area contributed by atoms with E-state index in [9.17, 15) is 22.8 Å². The molecule has 1 spiro atoms. The molecular formula is C30H28F3N5O2. The van der Waals surface area contributed by atoms with Crippen LogP contribution in [-0.2, 0) is 11.2 Å². The Balaban J connectivity index is 1.60. The van der Waals surface area contributed by atoms with E-state index < -0.39 is 42.0 Å². The van der Waals surface area contributed by atoms with Crippen LogP contribution in [-0.4, -0.2) is 55.0 Å². The number of fused-ring (bicyclic) bond motifs is 2. The zero-order valence-electron chi connectivity index (χ0n) is 21.5. The van der Waals surface area contributed by atoms with Crippen molar-refractivity contribution in [2.75, 3.05) is 24.7 Å². The molecule has 2 aliphatic heterocycles. The second-order valence-corrected chi connectivity index (χ2v) is 10.5. The molecule has 0 bridgehead atoms. The lowest BCUT2D eigenvalue weighted by Crippen LogP contribution is -2.57. The standard InChI is InChI=1S/C30H28F3N5O2/c31-30(32,33)16-38-23-9-5-4-8-22(23)25(18-6-2-1-3-7-18)37-26(28(38)40)24-21-11-10-20(27(34)39)14-19(21)12-13-29(24)15-35-17-36-29/h1-11,14,24,26,35-36H,12-13,15-17H2,(H2,34,39)/t24?,26-,29?/m1/s1. The van der Waals surface area contributed by atoms with Gasteiger partial charge in [0.25, 0.3) is 5.91 Å². The minimum atomic E-state index is -4.63. The third-order valence-electron chi connectivity index (χ3n) is 8.14. The first-order valence-corrected chi connectivity index (χ1v) is 13.2. The van der Waals surface area contributed by atoms with E-state index in [1.807, 2.05) is 30.3 Å². The molecule has 206 valence electrons. The number of carbonyl (C=O) groups excluding carboxylic acids is 2. The summed E-state index contributed by atoms with van der Waals surface area (Å²) in [5.41, 5.74) is 8.66. The van der Waals surface area contributed by atoms with Crippen molar-refractivity contribution in [3.8, 4) is 0 Å². The minimum Gasteiger partial charge on any atom is -0.366 e. The molecule has 4 N–H and O–H groups in total. The van der Waals surface area contributed by atoms with Gasteiger partial charge in [-0.15, -0.1) is 0 Å². The number of aryl methyl sites for hydroxylation is 1. The zero-order chi connectivity index (χ0) is 28.1. The van der Waals surface area contributed by atoms with Crippen LogP contribution in [0.25, 0.3) is 0 Å². The molecule has 0 aromatic heterocycles. The van der Waals surface area contributed by atoms with Crippen LogP contribution in [0.15, 0.2) is 77.8 Å². The van der Waals surface area contributed by atoms with E-state index in [1.165, 1.54) is 0 Å². The summed E-state index contributed by atoms with van der Waals surface area (Å²) in [6, 6.07) is 19.8. The maximum absolute atomic E-state index is 14.4. The largest absolute Gasteiger partial charge is 0.406 e. The summed E-state index contributed by atoms with van der Waals surface area (Å²) >= 11 is 0. The van der Waals surface area contributed by atoms with Crippen molar-refractivity contribution in [1.29, 1.82) is 0 Å². The number of para-hydroxylation sites is 1. The summed E-state index contributed by atoms with van der Waals surface area (Å²) in [6.07, 6.45) is -3.41. The number of hydrogen-bond acceptors (Lipinski definition) is 5. The molecule has 10 heteroatoms. The number of anilines is 1. The normalized spacial score (nSPS) is 24.3. The third kappa shape index (κ3) is 4.56. The van der Waals surface area contributed by atoms with E-state index in [0.717, 1.165) is 16.0 Å². The number of amides is 2. The van der Waals surface area contributed by atoms with Gasteiger partial charge in [0.05, 0.1) is 11.4 Å². The fourth-order valence-electron chi connectivity index (χ4n) is 6.38. The number of carbonyl (C=O) groups is 2. The Morgan fingerprint density at radius 1 is 1.07 bits per heavy atom. The number of nitrogens with zero attached hydrogens (tertiary/aromatic N) is 2. The summed E-state index contributed by atoms with van der Waals surface area (Å²) in [4.78, 5) is 32.2. The molecule has 0 radical (unpaired) electrons. The Morgan fingerprint density at radius 2 is 1.82 bits per heavy atom. The number of hydrogen-bond donors (Lipinski definition) is 3. The molecule has 0 saturated carbocycles. The highest BCUT2D eigenvalue weighted by Crippen LogP contribution is 2.46. The number of benzodiazepines with no additional fused rings is 1. The number of alkyl halides is 3. The first-order chi connectivity index (χ1) is 19.2. The predicted molar refractivity (Wildman–Crippen MR) is 145 cm³/mol. The first-order valence-electron chi connectivity index (χ1n) is 13.2. The van der Waals surface area contributed by atoms with Crippen molar-refractivity contribution in [3.05, 3.63) is 101 Å². The maximum Gasteiger partial charge on any atom is 0.406 e. The predicted octanol–water partition coefficient (Wildman–Crippen LogP) is 3.52. The Morgan fingerprint density at radius 3 is 2.52 bits per heavy atom. The molecule has 3 aromatic carbocycles. The molecule has 3 aliphatic rings. The molecule has 2 unspecified atom stereocenters. The van der Waals surface area contributed by atoms with Gasteiger partial charge in [-0.3, -0.25) is 19.9 Å². The minimum absolute atomic E-state index is 0.168. The molecule has 1 saturated heterocycles. The van der Waals surface area contributed by atoms with Crippen LogP contribution in [0.1, 0.15) is 45.0 Å². The van der Waals surface area contributed by atoms with Gasteiger partial charge < -0.3 is 16.0 Å². The molecule has 3 aromatic rings. The van der Waals surface area contributed by atoms with Gasteiger partial charge in [-0.05, 0) is 42.2 Å². The Bertz CT molecular complexity index is 1500. The highest BCUT2D eigenvalue weighted by Gasteiger charge is 2.53. The molecule has 2 heterocycles. The molecular weight excluding hydrogens is 519 g/mol. The molecule has 1 fully saturated rings. The average Bonchev–Trinajstić information content (AvgIpc) is 3.37. The lowest BCUT2D eigenvalue weighted by Gasteiger charge is -2.45. The highest BCUT2D eigenvalue weighted by atomic mass is 19.4. The topological polar surface area (TPSA) is 99.8 Å². The second-order valence-electron chi connectivity index (χ2n) is 10.5. The van der Waals surface area contributed by atoms with Gasteiger partial charge in [0.2, 0.25) is 5.91 Å². The van der Waals surface area contributed by atoms with E-state index in [1.54, 1.807) is 42.5 Å². The Labute approximate surface area is 229 Å². The van der Waals surface area contributed by atoms with Crippen molar-refractivity contribution in [3.63, 3.8) is 0 Å². The summed E-state index contributed by atoms with van der Waals surface area (Å²) in [6.45, 7) is -0.426. The van der Waals surface area contributed by atoms with Gasteiger partial charge in [0, 0.05) is 41.4 Å². The number of nitrogens with two attached hydrogens (primary N) is 1. The quantitative estimate of drug-likeness (QED) is 0.466. The number of aliphatic imine (C=N–C) groups is 1. The van der Waals surface area contributed by atoms with Crippen LogP contribution < -0.4 is 21.3 Å². The molecule has 6 rings (SSSR count). The lowest BCUT2D eigenvalue weighted by molar-refractivity contribution is -0.133. The third-order valence-corrected chi connectivity index (χ3v) is 8.14. The van der Waals surface area contributed by atoms with Crippen LogP contribution in [0.5, 0.6) is 0 Å². The number of nitrogens with one attached hydrogen (secondary N) is 2. The summed E-state index contributed by atoms with van der Waals surface area (Å²) in [7, 11) is 0. The van der Waals surface area contributed by atoms with E-state index in [2.05, 4.69) is 10.6 Å². The first kappa shape index (κ1) is 26.2. The molecule has 40 heavy (non-hydrogen) atoms. The molecule has 7 nitrogen and oxygen atoms in total. The van der Waals surface area contributed by atoms with Crippen molar-refractivity contribution in [2.45, 2.75) is 36.5 Å². The van der Waals surface area contributed by atoms with Gasteiger partial charge in [0.1, 0.15) is 12.6 Å². The number of rotatable bonds is 4. The second kappa shape index (κ2) is 9.87. The fraction of sp³-hybridized carbons (Fsp3) is 0.300. The van der Waals surface area contributed by atoms with Gasteiger partial charge in [0.15, 0.2) is 0 Å². The number of primary amides is 1. The Hall–Kier alpha value is -4.02. The highest BCUT2D eigenvalue weighted by molar-refractivity contribution is 6.20. The SMILES string of the molecule is NC(=O)c1ccc2c(c1)CCC1(CNCN1)C2[C@H]1N=C(c2ccccc2)c2ccccc2N(CC(F)(F)F)C1=O. The average molecular weight is 548 g/mol. The van der Waals surface area contributed by atoms with Gasteiger partial charge in [-0.1, -0.05) is 54.6 Å². The van der Waals surface area contributed by atoms with Crippen molar-refractivity contribution < 1.29 is 22.8 Å². The fourth-order valence-corrected chi connectivity index (χ4v) is 6.38. The summed E-state index contributed by atoms with van der Waals surface area (Å²) in [5.74, 6) is -1.90. The monoisotopic (exact) mass is 547 g/mol. The van der Waals surface area contributed by atoms with Gasteiger partial charge in [-0.2, -0.15) is 13.2 Å². The molecule has 3 atom stereocenters. The molecule has 1 aliphatic carbocycles. The van der Waals surface area contributed by atoms with Gasteiger partial charge in [-0.25, -0.2) is 0 Å². The van der Waals surface area contributed by atoms with E-state index >= 15 is 0 Å². The summed E-state index contributed by atoms with van der Waals surface area (Å²) < 4.78 is 42.0. The van der Waals surface area contributed by atoms with Gasteiger partial charge >= 0.3 is 6.18 Å². The van der Waals surface area contributed by atoms with E-state index in [0.29, 0.717) is 48.5 Å². The maximum atomic E-state index is 14.4. The van der Waals surface area contributed by atoms with Crippen LogP contribution in [0.3, 0.4) is 0 Å². The van der Waals surface area contributed by atoms with Crippen LogP contribution >= 0.6 is 0 Å². The van der Waals surface area contributed by atoms with Crippen LogP contribution in [0.2, 0.25) is 0 Å². The summed E-state index contributed by atoms with van der Waals surface area (Å²) in [5, 5.41) is 6.83. The lowest BCUT2D eigenvalue weighted by atomic mass is 9.66. The van der Waals surface area contributed by atoms with Crippen molar-refractivity contribution in [1.82, 2.24) is 10.6 Å². The molecule has 2 amide bonds. The number of benzene rings is 3. The van der Waals surface area contributed by atoms with E-state index in [4.69, 9.17) is 10.7 Å². The smallest absolute Gasteiger partial charge is 0.366 e. The van der Waals surface area contributed by atoms with Crippen molar-refractivity contribution in [2.24, 2.45) is 10.7 Å². The Kier molecular flexibility index (Phi) is 6.47. The van der Waals surface area contributed by atoms with Crippen molar-refractivity contribution >= 4 is 23.2 Å². The van der Waals surface area contributed by atoms with E-state index in [-0.39, 0.29) is 5.69 Å². The number of halogens is 3.